The number of rotatable bonds is 4. The molecule has 1 amide bonds. The third-order valence-electron chi connectivity index (χ3n) is 4.94. The van der Waals surface area contributed by atoms with Gasteiger partial charge in [0.25, 0.3) is 0 Å². The third-order valence-corrected chi connectivity index (χ3v) is 4.94. The van der Waals surface area contributed by atoms with Crippen molar-refractivity contribution < 1.29 is 14.6 Å². The molecule has 1 unspecified atom stereocenters. The summed E-state index contributed by atoms with van der Waals surface area (Å²) in [6.45, 7) is 2.70. The number of carbonyl (C=O) groups excluding carboxylic acids is 1. The third kappa shape index (κ3) is 3.82. The quantitative estimate of drug-likeness (QED) is 0.926. The number of amides is 1. The van der Waals surface area contributed by atoms with Gasteiger partial charge in [-0.15, -0.1) is 0 Å². The molecule has 1 aromatic rings. The number of piperidine rings is 1. The molecule has 3 rings (SSSR count). The van der Waals surface area contributed by atoms with Gasteiger partial charge in [-0.05, 0) is 24.8 Å². The largest absolute Gasteiger partial charge is 0.396 e. The van der Waals surface area contributed by atoms with E-state index in [2.05, 4.69) is 12.1 Å². The molecule has 4 nitrogen and oxygen atoms in total. The molecule has 2 heterocycles. The fourth-order valence-electron chi connectivity index (χ4n) is 3.66. The predicted octanol–water partition coefficient (Wildman–Crippen LogP) is 2.18. The van der Waals surface area contributed by atoms with E-state index in [-0.39, 0.29) is 17.9 Å². The molecule has 1 saturated heterocycles. The van der Waals surface area contributed by atoms with E-state index in [9.17, 15) is 9.90 Å². The molecule has 2 aliphatic rings. The summed E-state index contributed by atoms with van der Waals surface area (Å²) in [5.41, 5.74) is 1.87. The Kier molecular flexibility index (Phi) is 5.13. The van der Waals surface area contributed by atoms with Crippen LogP contribution in [0.2, 0.25) is 0 Å². The first-order valence-electron chi connectivity index (χ1n) is 8.43. The molecule has 23 heavy (non-hydrogen) atoms. The maximum atomic E-state index is 12.7. The van der Waals surface area contributed by atoms with Gasteiger partial charge >= 0.3 is 0 Å². The zero-order valence-electron chi connectivity index (χ0n) is 13.5. The summed E-state index contributed by atoms with van der Waals surface area (Å²) in [5, 5.41) is 10.0. The minimum atomic E-state index is -0.221. The predicted molar refractivity (Wildman–Crippen MR) is 89.0 cm³/mol. The second-order valence-corrected chi connectivity index (χ2v) is 6.71. The first-order chi connectivity index (χ1) is 11.2. The summed E-state index contributed by atoms with van der Waals surface area (Å²) < 4.78 is 5.29. The Morgan fingerprint density at radius 3 is 2.83 bits per heavy atom. The SMILES string of the molecule is O=C(C1=CCOCC1)N1CCCC(CO)(Cc2ccccc2)C1. The first-order valence-corrected chi connectivity index (χ1v) is 8.43. The highest BCUT2D eigenvalue weighted by Crippen LogP contribution is 2.34. The Hall–Kier alpha value is -1.65. The van der Waals surface area contributed by atoms with Gasteiger partial charge in [0.1, 0.15) is 0 Å². The molecule has 4 heteroatoms. The van der Waals surface area contributed by atoms with Crippen molar-refractivity contribution in [3.63, 3.8) is 0 Å². The number of nitrogens with zero attached hydrogens (tertiary/aromatic N) is 1. The Morgan fingerprint density at radius 1 is 1.30 bits per heavy atom. The average molecular weight is 315 g/mol. The number of benzene rings is 1. The van der Waals surface area contributed by atoms with Crippen LogP contribution >= 0.6 is 0 Å². The van der Waals surface area contributed by atoms with Gasteiger partial charge < -0.3 is 14.7 Å². The summed E-state index contributed by atoms with van der Waals surface area (Å²) in [5.74, 6) is 0.124. The summed E-state index contributed by atoms with van der Waals surface area (Å²) in [4.78, 5) is 14.7. The highest BCUT2D eigenvalue weighted by atomic mass is 16.5. The van der Waals surface area contributed by atoms with Gasteiger partial charge in [-0.3, -0.25) is 4.79 Å². The van der Waals surface area contributed by atoms with Crippen molar-refractivity contribution in [2.24, 2.45) is 5.41 Å². The Bertz CT molecular complexity index is 569. The molecule has 0 bridgehead atoms. The first kappa shape index (κ1) is 16.2. The van der Waals surface area contributed by atoms with Gasteiger partial charge in [0.2, 0.25) is 5.91 Å². The van der Waals surface area contributed by atoms with Crippen LogP contribution in [-0.2, 0) is 16.0 Å². The Labute approximate surface area is 137 Å². The Morgan fingerprint density at radius 2 is 2.13 bits per heavy atom. The fraction of sp³-hybridized carbons (Fsp3) is 0.526. The number of likely N-dealkylation sites (tertiary alicyclic amines) is 1. The molecular formula is C19H25NO3. The van der Waals surface area contributed by atoms with E-state index in [1.165, 1.54) is 5.56 Å². The lowest BCUT2D eigenvalue weighted by Gasteiger charge is -2.42. The van der Waals surface area contributed by atoms with E-state index in [4.69, 9.17) is 4.74 Å². The van der Waals surface area contributed by atoms with Crippen LogP contribution in [0.4, 0.5) is 0 Å². The minimum Gasteiger partial charge on any atom is -0.396 e. The van der Waals surface area contributed by atoms with Gasteiger partial charge in [-0.25, -0.2) is 0 Å². The highest BCUT2D eigenvalue weighted by Gasteiger charge is 2.37. The van der Waals surface area contributed by atoms with Crippen molar-refractivity contribution in [1.29, 1.82) is 0 Å². The van der Waals surface area contributed by atoms with Crippen LogP contribution in [-0.4, -0.2) is 48.8 Å². The van der Waals surface area contributed by atoms with Gasteiger partial charge in [0.05, 0.1) is 19.8 Å². The standard InChI is InChI=1S/C19H25NO3/c21-15-19(13-16-5-2-1-3-6-16)9-4-10-20(14-19)18(22)17-7-11-23-12-8-17/h1-3,5-7,21H,4,8-15H2. The van der Waals surface area contributed by atoms with Crippen LogP contribution in [0.3, 0.4) is 0 Å². The van der Waals surface area contributed by atoms with Gasteiger partial charge in [-0.2, -0.15) is 0 Å². The number of aliphatic hydroxyl groups excluding tert-OH is 1. The van der Waals surface area contributed by atoms with Crippen molar-refractivity contribution in [3.05, 3.63) is 47.5 Å². The van der Waals surface area contributed by atoms with Crippen LogP contribution in [0.1, 0.15) is 24.8 Å². The van der Waals surface area contributed by atoms with E-state index in [1.54, 1.807) is 0 Å². The second-order valence-electron chi connectivity index (χ2n) is 6.71. The van der Waals surface area contributed by atoms with Crippen LogP contribution in [0.25, 0.3) is 0 Å². The summed E-state index contributed by atoms with van der Waals surface area (Å²) in [7, 11) is 0. The topological polar surface area (TPSA) is 49.8 Å². The maximum absolute atomic E-state index is 12.7. The lowest BCUT2D eigenvalue weighted by molar-refractivity contribution is -0.132. The number of carbonyl (C=O) groups is 1. The monoisotopic (exact) mass is 315 g/mol. The van der Waals surface area contributed by atoms with Gasteiger partial charge in [-0.1, -0.05) is 36.4 Å². The maximum Gasteiger partial charge on any atom is 0.249 e. The zero-order chi connectivity index (χ0) is 16.1. The summed E-state index contributed by atoms with van der Waals surface area (Å²) in [6.07, 6.45) is 5.32. The molecule has 124 valence electrons. The van der Waals surface area contributed by atoms with Gasteiger partial charge in [0, 0.05) is 30.5 Å². The van der Waals surface area contributed by atoms with E-state index in [0.717, 1.165) is 31.4 Å². The van der Waals surface area contributed by atoms with Crippen LogP contribution in [0.15, 0.2) is 42.0 Å². The molecule has 1 atom stereocenters. The molecule has 0 aliphatic carbocycles. The van der Waals surface area contributed by atoms with Crippen LogP contribution in [0.5, 0.6) is 0 Å². The van der Waals surface area contributed by atoms with E-state index >= 15 is 0 Å². The number of hydrogen-bond donors (Lipinski definition) is 1. The molecule has 0 radical (unpaired) electrons. The fourth-order valence-corrected chi connectivity index (χ4v) is 3.66. The Balaban J connectivity index is 1.72. The molecule has 0 aromatic heterocycles. The molecule has 0 spiro atoms. The zero-order valence-corrected chi connectivity index (χ0v) is 13.5. The summed E-state index contributed by atoms with van der Waals surface area (Å²) in [6, 6.07) is 10.2. The van der Waals surface area contributed by atoms with Gasteiger partial charge in [0.15, 0.2) is 0 Å². The lowest BCUT2D eigenvalue weighted by atomic mass is 9.75. The van der Waals surface area contributed by atoms with Crippen molar-refractivity contribution in [3.8, 4) is 0 Å². The second kappa shape index (κ2) is 7.28. The number of ether oxygens (including phenoxy) is 1. The molecule has 0 saturated carbocycles. The molecule has 1 N–H and O–H groups in total. The highest BCUT2D eigenvalue weighted by molar-refractivity contribution is 5.93. The molecular weight excluding hydrogens is 290 g/mol. The molecule has 1 fully saturated rings. The number of aliphatic hydroxyl groups is 1. The molecule has 1 aromatic carbocycles. The number of hydrogen-bond acceptors (Lipinski definition) is 3. The van der Waals surface area contributed by atoms with E-state index in [0.29, 0.717) is 26.2 Å². The van der Waals surface area contributed by atoms with Crippen molar-refractivity contribution in [2.75, 3.05) is 32.9 Å². The minimum absolute atomic E-state index is 0.119. The lowest BCUT2D eigenvalue weighted by Crippen LogP contribution is -2.49. The summed E-state index contributed by atoms with van der Waals surface area (Å²) >= 11 is 0. The van der Waals surface area contributed by atoms with Crippen molar-refractivity contribution >= 4 is 5.91 Å². The normalized spacial score (nSPS) is 25.1. The van der Waals surface area contributed by atoms with Crippen molar-refractivity contribution in [2.45, 2.75) is 25.7 Å². The van der Waals surface area contributed by atoms with Crippen LogP contribution < -0.4 is 0 Å². The molecule has 2 aliphatic heterocycles. The average Bonchev–Trinajstić information content (AvgIpc) is 2.63. The smallest absolute Gasteiger partial charge is 0.249 e. The van der Waals surface area contributed by atoms with E-state index < -0.39 is 0 Å². The van der Waals surface area contributed by atoms with E-state index in [1.807, 2.05) is 29.2 Å². The van der Waals surface area contributed by atoms with Crippen LogP contribution in [0, 0.1) is 5.41 Å². The van der Waals surface area contributed by atoms with Crippen molar-refractivity contribution in [1.82, 2.24) is 4.90 Å².